The lowest BCUT2D eigenvalue weighted by atomic mass is 10.2. The lowest BCUT2D eigenvalue weighted by Crippen LogP contribution is -2.30. The predicted octanol–water partition coefficient (Wildman–Crippen LogP) is 3.19. The third-order valence-electron chi connectivity index (χ3n) is 3.37. The quantitative estimate of drug-likeness (QED) is 0.878. The van der Waals surface area contributed by atoms with Gasteiger partial charge in [-0.05, 0) is 30.8 Å². The van der Waals surface area contributed by atoms with Gasteiger partial charge in [-0.3, -0.25) is 9.69 Å². The van der Waals surface area contributed by atoms with Gasteiger partial charge in [-0.1, -0.05) is 29.3 Å². The number of aromatic nitrogens is 1. The lowest BCUT2D eigenvalue weighted by Gasteiger charge is -2.16. The van der Waals surface area contributed by atoms with Gasteiger partial charge in [0.2, 0.25) is 12.7 Å². The van der Waals surface area contributed by atoms with Crippen LogP contribution in [0, 0.1) is 0 Å². The van der Waals surface area contributed by atoms with E-state index >= 15 is 0 Å². The minimum absolute atomic E-state index is 0.190. The molecule has 0 saturated heterocycles. The van der Waals surface area contributed by atoms with Crippen molar-refractivity contribution in [1.29, 1.82) is 0 Å². The molecule has 0 atom stereocenters. The number of anilines is 1. The third-order valence-corrected chi connectivity index (χ3v) is 3.86. The van der Waals surface area contributed by atoms with Crippen LogP contribution in [0.3, 0.4) is 0 Å². The molecule has 0 fully saturated rings. The molecule has 2 aromatic rings. The Balaban J connectivity index is 1.56. The molecule has 3 rings (SSSR count). The Bertz CT molecular complexity index is 770. The average Bonchev–Trinajstić information content (AvgIpc) is 2.97. The molecule has 0 radical (unpaired) electrons. The first-order chi connectivity index (χ1) is 11.5. The molecule has 0 unspecified atom stereocenters. The summed E-state index contributed by atoms with van der Waals surface area (Å²) in [6, 6.07) is 7.25. The number of likely N-dealkylation sites (N-methyl/N-ethyl adjacent to an activating group) is 1. The van der Waals surface area contributed by atoms with E-state index in [-0.39, 0.29) is 19.2 Å². The largest absolute Gasteiger partial charge is 0.454 e. The predicted molar refractivity (Wildman–Crippen MR) is 91.8 cm³/mol. The van der Waals surface area contributed by atoms with Crippen molar-refractivity contribution in [2.45, 2.75) is 6.54 Å². The van der Waals surface area contributed by atoms with Crippen LogP contribution >= 0.6 is 23.2 Å². The van der Waals surface area contributed by atoms with Gasteiger partial charge in [0.1, 0.15) is 0 Å². The van der Waals surface area contributed by atoms with Crippen LogP contribution in [0.1, 0.15) is 5.56 Å². The fourth-order valence-electron chi connectivity index (χ4n) is 2.33. The summed E-state index contributed by atoms with van der Waals surface area (Å²) in [5, 5.41) is 3.38. The number of nitrogens with one attached hydrogen (secondary N) is 1. The molecule has 0 spiro atoms. The fourth-order valence-corrected chi connectivity index (χ4v) is 2.76. The molecule has 126 valence electrons. The second kappa shape index (κ2) is 7.25. The molecule has 0 saturated carbocycles. The summed E-state index contributed by atoms with van der Waals surface area (Å²) in [7, 11) is 1.85. The van der Waals surface area contributed by atoms with E-state index in [1.54, 1.807) is 0 Å². The number of amides is 1. The van der Waals surface area contributed by atoms with Crippen molar-refractivity contribution in [3.63, 3.8) is 0 Å². The monoisotopic (exact) mass is 367 g/mol. The Kier molecular flexibility index (Phi) is 5.08. The maximum absolute atomic E-state index is 12.1. The first kappa shape index (κ1) is 16.8. The summed E-state index contributed by atoms with van der Waals surface area (Å²) in [5.74, 6) is 1.54. The van der Waals surface area contributed by atoms with Crippen molar-refractivity contribution in [2.24, 2.45) is 0 Å². The molecule has 24 heavy (non-hydrogen) atoms. The van der Waals surface area contributed by atoms with Crippen LogP contribution in [0.15, 0.2) is 30.5 Å². The smallest absolute Gasteiger partial charge is 0.239 e. The molecule has 1 aliphatic heterocycles. The molecule has 8 heteroatoms. The zero-order valence-corrected chi connectivity index (χ0v) is 14.4. The number of hydrogen-bond donors (Lipinski definition) is 1. The fraction of sp³-hybridized carbons (Fsp3) is 0.250. The van der Waals surface area contributed by atoms with E-state index in [0.717, 1.165) is 17.1 Å². The van der Waals surface area contributed by atoms with Crippen molar-refractivity contribution >= 4 is 34.9 Å². The first-order valence-electron chi connectivity index (χ1n) is 7.19. The van der Waals surface area contributed by atoms with E-state index < -0.39 is 0 Å². The van der Waals surface area contributed by atoms with Crippen molar-refractivity contribution in [3.05, 3.63) is 46.1 Å². The van der Waals surface area contributed by atoms with Gasteiger partial charge >= 0.3 is 0 Å². The van der Waals surface area contributed by atoms with Crippen molar-refractivity contribution < 1.29 is 14.3 Å². The molecular weight excluding hydrogens is 353 g/mol. The number of fused-ring (bicyclic) bond motifs is 1. The highest BCUT2D eigenvalue weighted by Gasteiger charge is 2.15. The van der Waals surface area contributed by atoms with E-state index in [2.05, 4.69) is 10.3 Å². The van der Waals surface area contributed by atoms with E-state index in [9.17, 15) is 4.79 Å². The Labute approximate surface area is 149 Å². The van der Waals surface area contributed by atoms with Gasteiger partial charge in [0.05, 0.1) is 16.6 Å². The highest BCUT2D eigenvalue weighted by atomic mass is 35.5. The topological polar surface area (TPSA) is 63.7 Å². The number of hydrogen-bond acceptors (Lipinski definition) is 5. The summed E-state index contributed by atoms with van der Waals surface area (Å²) in [6.07, 6.45) is 1.43. The van der Waals surface area contributed by atoms with Gasteiger partial charge in [0, 0.05) is 12.7 Å². The Morgan fingerprint density at radius 1 is 1.29 bits per heavy atom. The van der Waals surface area contributed by atoms with Crippen LogP contribution in [-0.4, -0.2) is 36.2 Å². The molecule has 2 heterocycles. The van der Waals surface area contributed by atoms with Crippen LogP contribution in [-0.2, 0) is 11.3 Å². The van der Waals surface area contributed by atoms with Crippen LogP contribution in [0.2, 0.25) is 10.0 Å². The number of halogens is 2. The van der Waals surface area contributed by atoms with Gasteiger partial charge in [-0.15, -0.1) is 0 Å². The lowest BCUT2D eigenvalue weighted by molar-refractivity contribution is -0.117. The van der Waals surface area contributed by atoms with E-state index in [1.165, 1.54) is 12.3 Å². The summed E-state index contributed by atoms with van der Waals surface area (Å²) in [5.41, 5.74) is 1.03. The number of carbonyl (C=O) groups excluding carboxylic acids is 1. The maximum Gasteiger partial charge on any atom is 0.239 e. The Morgan fingerprint density at radius 2 is 2.08 bits per heavy atom. The van der Waals surface area contributed by atoms with Crippen molar-refractivity contribution in [2.75, 3.05) is 25.7 Å². The highest BCUT2D eigenvalue weighted by Crippen LogP contribution is 2.32. The molecule has 0 aliphatic carbocycles. The van der Waals surface area contributed by atoms with Gasteiger partial charge in [-0.2, -0.15) is 0 Å². The molecule has 0 bridgehead atoms. The maximum atomic E-state index is 12.1. The number of benzene rings is 1. The van der Waals surface area contributed by atoms with Crippen molar-refractivity contribution in [1.82, 2.24) is 9.88 Å². The second-order valence-electron chi connectivity index (χ2n) is 5.39. The molecule has 1 aliphatic rings. The molecule has 1 amide bonds. The number of carbonyl (C=O) groups is 1. The van der Waals surface area contributed by atoms with Gasteiger partial charge in [0.15, 0.2) is 17.3 Å². The first-order valence-corrected chi connectivity index (χ1v) is 7.95. The number of ether oxygens (including phenoxy) is 2. The Morgan fingerprint density at radius 3 is 2.88 bits per heavy atom. The van der Waals surface area contributed by atoms with Crippen LogP contribution < -0.4 is 14.8 Å². The second-order valence-corrected chi connectivity index (χ2v) is 6.24. The van der Waals surface area contributed by atoms with Gasteiger partial charge in [0.25, 0.3) is 0 Å². The normalized spacial score (nSPS) is 12.5. The zero-order valence-electron chi connectivity index (χ0n) is 12.9. The molecule has 1 N–H and O–H groups in total. The number of nitrogens with zero attached hydrogens (tertiary/aromatic N) is 2. The standard InChI is InChI=1S/C16H15Cl2N3O3/c1-21(7-10-2-3-13-14(4-10)24-9-23-13)8-15(22)20-16-12(18)5-11(17)6-19-16/h2-6H,7-9H2,1H3,(H,19,20,22). The third kappa shape index (κ3) is 4.08. The van der Waals surface area contributed by atoms with Crippen LogP contribution in [0.5, 0.6) is 11.5 Å². The average molecular weight is 368 g/mol. The summed E-state index contributed by atoms with van der Waals surface area (Å²) < 4.78 is 10.6. The van der Waals surface area contributed by atoms with E-state index in [4.69, 9.17) is 32.7 Å². The summed E-state index contributed by atoms with van der Waals surface area (Å²) >= 11 is 11.8. The minimum atomic E-state index is -0.213. The number of rotatable bonds is 5. The SMILES string of the molecule is CN(CC(=O)Nc1ncc(Cl)cc1Cl)Cc1ccc2c(c1)OCO2. The van der Waals surface area contributed by atoms with E-state index in [0.29, 0.717) is 22.4 Å². The van der Waals surface area contributed by atoms with Crippen LogP contribution in [0.4, 0.5) is 5.82 Å². The number of pyridine rings is 1. The molecule has 1 aromatic heterocycles. The van der Waals surface area contributed by atoms with Gasteiger partial charge < -0.3 is 14.8 Å². The van der Waals surface area contributed by atoms with E-state index in [1.807, 2.05) is 30.1 Å². The van der Waals surface area contributed by atoms with Gasteiger partial charge in [-0.25, -0.2) is 4.98 Å². The minimum Gasteiger partial charge on any atom is -0.454 e. The van der Waals surface area contributed by atoms with Crippen LogP contribution in [0.25, 0.3) is 0 Å². The molecule has 1 aromatic carbocycles. The molecule has 6 nitrogen and oxygen atoms in total. The summed E-state index contributed by atoms with van der Waals surface area (Å²) in [6.45, 7) is 1.02. The zero-order chi connectivity index (χ0) is 17.1. The molecular formula is C16H15Cl2N3O3. The highest BCUT2D eigenvalue weighted by molar-refractivity contribution is 6.36. The summed E-state index contributed by atoms with van der Waals surface area (Å²) in [4.78, 5) is 18.0. The van der Waals surface area contributed by atoms with Crippen molar-refractivity contribution in [3.8, 4) is 11.5 Å². The Hall–Kier alpha value is -2.02.